The SMILES string of the molecule is CC(C)(C)c1ccc(C(=O)NCCc2nc(C(=O)O)cs2)cc1. The number of nitrogens with zero attached hydrogens (tertiary/aromatic N) is 1. The first-order valence-electron chi connectivity index (χ1n) is 7.34. The number of carbonyl (C=O) groups excluding carboxylic acids is 1. The molecule has 122 valence electrons. The molecule has 0 atom stereocenters. The second-order valence-electron chi connectivity index (χ2n) is 6.26. The van der Waals surface area contributed by atoms with E-state index in [-0.39, 0.29) is 17.0 Å². The highest BCUT2D eigenvalue weighted by molar-refractivity contribution is 7.09. The average molecular weight is 332 g/mol. The van der Waals surface area contributed by atoms with E-state index >= 15 is 0 Å². The van der Waals surface area contributed by atoms with Gasteiger partial charge in [-0.05, 0) is 23.1 Å². The number of aromatic nitrogens is 1. The van der Waals surface area contributed by atoms with Crippen molar-refractivity contribution in [2.24, 2.45) is 0 Å². The first kappa shape index (κ1) is 17.1. The highest BCUT2D eigenvalue weighted by Gasteiger charge is 2.14. The summed E-state index contributed by atoms with van der Waals surface area (Å²) in [4.78, 5) is 26.8. The Morgan fingerprint density at radius 1 is 1.22 bits per heavy atom. The van der Waals surface area contributed by atoms with E-state index in [1.54, 1.807) is 0 Å². The molecule has 0 radical (unpaired) electrons. The summed E-state index contributed by atoms with van der Waals surface area (Å²) in [5, 5.41) is 13.8. The molecule has 0 saturated carbocycles. The molecule has 0 aliphatic rings. The molecule has 0 aliphatic carbocycles. The molecule has 1 amide bonds. The molecule has 0 spiro atoms. The van der Waals surface area contributed by atoms with Gasteiger partial charge in [-0.2, -0.15) is 0 Å². The van der Waals surface area contributed by atoms with Crippen molar-refractivity contribution in [3.05, 3.63) is 51.5 Å². The number of aromatic carboxylic acids is 1. The van der Waals surface area contributed by atoms with Crippen molar-refractivity contribution in [3.63, 3.8) is 0 Å². The van der Waals surface area contributed by atoms with Crippen molar-refractivity contribution in [2.45, 2.75) is 32.6 Å². The maximum Gasteiger partial charge on any atom is 0.355 e. The Hall–Kier alpha value is -2.21. The Morgan fingerprint density at radius 2 is 1.87 bits per heavy atom. The van der Waals surface area contributed by atoms with Gasteiger partial charge in [-0.1, -0.05) is 32.9 Å². The minimum atomic E-state index is -1.03. The number of hydrogen-bond acceptors (Lipinski definition) is 4. The summed E-state index contributed by atoms with van der Waals surface area (Å²) >= 11 is 1.29. The molecule has 2 aromatic rings. The zero-order chi connectivity index (χ0) is 17.0. The van der Waals surface area contributed by atoms with Crippen LogP contribution in [0, 0.1) is 0 Å². The number of rotatable bonds is 5. The molecule has 1 aromatic heterocycles. The van der Waals surface area contributed by atoms with Crippen LogP contribution in [0.5, 0.6) is 0 Å². The normalized spacial score (nSPS) is 11.3. The van der Waals surface area contributed by atoms with Crippen LogP contribution >= 0.6 is 11.3 Å². The Kier molecular flexibility index (Phi) is 5.15. The van der Waals surface area contributed by atoms with Crippen molar-refractivity contribution in [2.75, 3.05) is 6.54 Å². The lowest BCUT2D eigenvalue weighted by molar-refractivity contribution is 0.0690. The molecular weight excluding hydrogens is 312 g/mol. The molecule has 2 rings (SSSR count). The Labute approximate surface area is 139 Å². The van der Waals surface area contributed by atoms with Crippen LogP contribution in [0.25, 0.3) is 0 Å². The molecule has 0 fully saturated rings. The third-order valence-corrected chi connectivity index (χ3v) is 4.32. The highest BCUT2D eigenvalue weighted by Crippen LogP contribution is 2.22. The molecule has 1 heterocycles. The number of carboxylic acid groups (broad SMARTS) is 1. The monoisotopic (exact) mass is 332 g/mol. The number of amides is 1. The fourth-order valence-electron chi connectivity index (χ4n) is 2.03. The zero-order valence-electron chi connectivity index (χ0n) is 13.4. The summed E-state index contributed by atoms with van der Waals surface area (Å²) in [6.07, 6.45) is 0.518. The van der Waals surface area contributed by atoms with Crippen LogP contribution in [-0.2, 0) is 11.8 Å². The van der Waals surface area contributed by atoms with E-state index in [0.29, 0.717) is 23.5 Å². The molecule has 0 saturated heterocycles. The van der Waals surface area contributed by atoms with E-state index in [4.69, 9.17) is 5.11 Å². The number of nitrogens with one attached hydrogen (secondary N) is 1. The van der Waals surface area contributed by atoms with E-state index < -0.39 is 5.97 Å². The quantitative estimate of drug-likeness (QED) is 0.882. The Morgan fingerprint density at radius 3 is 2.39 bits per heavy atom. The van der Waals surface area contributed by atoms with Crippen LogP contribution in [0.2, 0.25) is 0 Å². The smallest absolute Gasteiger partial charge is 0.355 e. The van der Waals surface area contributed by atoms with Crippen molar-refractivity contribution in [1.82, 2.24) is 10.3 Å². The van der Waals surface area contributed by atoms with E-state index in [0.717, 1.165) is 0 Å². The van der Waals surface area contributed by atoms with E-state index in [2.05, 4.69) is 31.1 Å². The number of carbonyl (C=O) groups is 2. The second-order valence-corrected chi connectivity index (χ2v) is 7.21. The van der Waals surface area contributed by atoms with Gasteiger partial charge >= 0.3 is 5.97 Å². The summed E-state index contributed by atoms with van der Waals surface area (Å²) in [6.45, 7) is 6.80. The van der Waals surface area contributed by atoms with Gasteiger partial charge in [0.2, 0.25) is 0 Å². The lowest BCUT2D eigenvalue weighted by Crippen LogP contribution is -2.25. The van der Waals surface area contributed by atoms with Gasteiger partial charge in [-0.3, -0.25) is 4.79 Å². The largest absolute Gasteiger partial charge is 0.476 e. The first-order chi connectivity index (χ1) is 10.8. The lowest BCUT2D eigenvalue weighted by atomic mass is 9.87. The molecule has 23 heavy (non-hydrogen) atoms. The molecule has 0 unspecified atom stereocenters. The van der Waals surface area contributed by atoms with Gasteiger partial charge < -0.3 is 10.4 Å². The van der Waals surface area contributed by atoms with Crippen LogP contribution < -0.4 is 5.32 Å². The van der Waals surface area contributed by atoms with Crippen molar-refractivity contribution >= 4 is 23.2 Å². The maximum absolute atomic E-state index is 12.1. The maximum atomic E-state index is 12.1. The molecule has 0 bridgehead atoms. The summed E-state index contributed by atoms with van der Waals surface area (Å²) in [6, 6.07) is 7.58. The van der Waals surface area contributed by atoms with Gasteiger partial charge in [0.25, 0.3) is 5.91 Å². The van der Waals surface area contributed by atoms with Crippen LogP contribution in [0.1, 0.15) is 52.2 Å². The summed E-state index contributed by atoms with van der Waals surface area (Å²) in [5.41, 5.74) is 1.90. The third-order valence-electron chi connectivity index (χ3n) is 3.41. The fraction of sp³-hybridized carbons (Fsp3) is 0.353. The van der Waals surface area contributed by atoms with Crippen LogP contribution in [0.3, 0.4) is 0 Å². The van der Waals surface area contributed by atoms with Crippen molar-refractivity contribution in [1.29, 1.82) is 0 Å². The first-order valence-corrected chi connectivity index (χ1v) is 8.22. The zero-order valence-corrected chi connectivity index (χ0v) is 14.2. The topological polar surface area (TPSA) is 79.3 Å². The van der Waals surface area contributed by atoms with Gasteiger partial charge in [-0.25, -0.2) is 9.78 Å². The summed E-state index contributed by atoms with van der Waals surface area (Å²) in [7, 11) is 0. The van der Waals surface area contributed by atoms with Crippen molar-refractivity contribution in [3.8, 4) is 0 Å². The van der Waals surface area contributed by atoms with Gasteiger partial charge in [-0.15, -0.1) is 11.3 Å². The Bertz CT molecular complexity index is 699. The van der Waals surface area contributed by atoms with Gasteiger partial charge in [0.1, 0.15) is 0 Å². The number of carboxylic acids is 1. The number of hydrogen-bond donors (Lipinski definition) is 2. The van der Waals surface area contributed by atoms with Gasteiger partial charge in [0.05, 0.1) is 5.01 Å². The highest BCUT2D eigenvalue weighted by atomic mass is 32.1. The Balaban J connectivity index is 1.88. The second kappa shape index (κ2) is 6.91. The van der Waals surface area contributed by atoms with Gasteiger partial charge in [0, 0.05) is 23.9 Å². The number of thiazole rings is 1. The lowest BCUT2D eigenvalue weighted by Gasteiger charge is -2.19. The summed E-state index contributed by atoms with van der Waals surface area (Å²) < 4.78 is 0. The van der Waals surface area contributed by atoms with Gasteiger partial charge in [0.15, 0.2) is 5.69 Å². The molecule has 0 aliphatic heterocycles. The summed E-state index contributed by atoms with van der Waals surface area (Å²) in [5.74, 6) is -1.17. The van der Waals surface area contributed by atoms with Crippen molar-refractivity contribution < 1.29 is 14.7 Å². The van der Waals surface area contributed by atoms with Crippen LogP contribution in [0.4, 0.5) is 0 Å². The molecule has 1 aromatic carbocycles. The molecule has 2 N–H and O–H groups in total. The van der Waals surface area contributed by atoms with Crippen LogP contribution in [-0.4, -0.2) is 28.5 Å². The fourth-order valence-corrected chi connectivity index (χ4v) is 2.80. The standard InChI is InChI=1S/C17H20N2O3S/c1-17(2,3)12-6-4-11(5-7-12)15(20)18-9-8-14-19-13(10-23-14)16(21)22/h4-7,10H,8-9H2,1-3H3,(H,18,20)(H,21,22). The average Bonchev–Trinajstić information content (AvgIpc) is 2.95. The molecule has 6 heteroatoms. The van der Waals surface area contributed by atoms with E-state index in [9.17, 15) is 9.59 Å². The van der Waals surface area contributed by atoms with E-state index in [1.807, 2.05) is 24.3 Å². The predicted molar refractivity (Wildman–Crippen MR) is 90.3 cm³/mol. The van der Waals surface area contributed by atoms with E-state index in [1.165, 1.54) is 22.3 Å². The number of benzene rings is 1. The van der Waals surface area contributed by atoms with Crippen LogP contribution in [0.15, 0.2) is 29.6 Å². The predicted octanol–water partition coefficient (Wildman–Crippen LogP) is 3.11. The third kappa shape index (κ3) is 4.63. The minimum Gasteiger partial charge on any atom is -0.476 e. The molecule has 5 nitrogen and oxygen atoms in total. The minimum absolute atomic E-state index is 0.0501. The molecular formula is C17H20N2O3S.